The summed E-state index contributed by atoms with van der Waals surface area (Å²) in [5.41, 5.74) is 0.291. The summed E-state index contributed by atoms with van der Waals surface area (Å²) >= 11 is 0. The molecule has 5 nitrogen and oxygen atoms in total. The van der Waals surface area contributed by atoms with Crippen molar-refractivity contribution >= 4 is 0 Å². The second kappa shape index (κ2) is 4.81. The summed E-state index contributed by atoms with van der Waals surface area (Å²) in [6.45, 7) is 0.957. The number of halogens is 1. The molecule has 0 aromatic carbocycles. The highest BCUT2D eigenvalue weighted by Crippen LogP contribution is 2.24. The minimum atomic E-state index is -0.454. The zero-order chi connectivity index (χ0) is 12.4. The van der Waals surface area contributed by atoms with Crippen LogP contribution in [-0.2, 0) is 0 Å². The Bertz CT molecular complexity index is 536. The van der Waals surface area contributed by atoms with Gasteiger partial charge >= 0.3 is 0 Å². The molecule has 1 fully saturated rings. The summed E-state index contributed by atoms with van der Waals surface area (Å²) in [6.07, 6.45) is 5.93. The third kappa shape index (κ3) is 2.11. The number of nitrogens with one attached hydrogen (secondary N) is 1. The monoisotopic (exact) mass is 248 g/mol. The van der Waals surface area contributed by atoms with Gasteiger partial charge in [-0.1, -0.05) is 11.6 Å². The smallest absolute Gasteiger partial charge is 0.261 e. The largest absolute Gasteiger partial charge is 0.334 e. The maximum Gasteiger partial charge on any atom is 0.261 e. The summed E-state index contributed by atoms with van der Waals surface area (Å²) < 4.78 is 18.6. The molecule has 3 heterocycles. The summed E-state index contributed by atoms with van der Waals surface area (Å²) in [7, 11) is 0. The lowest BCUT2D eigenvalue weighted by molar-refractivity contribution is 0.366. The molecule has 0 bridgehead atoms. The van der Waals surface area contributed by atoms with Crippen molar-refractivity contribution < 1.29 is 8.91 Å². The number of hydrogen-bond donors (Lipinski definition) is 1. The molecule has 1 aliphatic rings. The normalized spacial score (nSPS) is 19.9. The van der Waals surface area contributed by atoms with Gasteiger partial charge in [0.15, 0.2) is 11.6 Å². The third-order valence-electron chi connectivity index (χ3n) is 3.07. The van der Waals surface area contributed by atoms with E-state index in [1.54, 1.807) is 0 Å². The Hall–Kier alpha value is -1.82. The maximum atomic E-state index is 13.5. The summed E-state index contributed by atoms with van der Waals surface area (Å²) in [5.74, 6) is 0.350. The molecule has 1 unspecified atom stereocenters. The van der Waals surface area contributed by atoms with Crippen molar-refractivity contribution in [1.82, 2.24) is 20.4 Å². The fraction of sp³-hybridized carbons (Fsp3) is 0.417. The predicted octanol–water partition coefficient (Wildman–Crippen LogP) is 2.09. The lowest BCUT2D eigenvalue weighted by Crippen LogP contribution is -2.27. The molecule has 94 valence electrons. The van der Waals surface area contributed by atoms with Crippen LogP contribution in [-0.4, -0.2) is 21.7 Å². The molecule has 0 radical (unpaired) electrons. The highest BCUT2D eigenvalue weighted by atomic mass is 19.1. The number of piperidine rings is 1. The highest BCUT2D eigenvalue weighted by molar-refractivity contribution is 5.52. The van der Waals surface area contributed by atoms with Crippen LogP contribution in [0.5, 0.6) is 0 Å². The van der Waals surface area contributed by atoms with E-state index < -0.39 is 5.82 Å². The van der Waals surface area contributed by atoms with E-state index in [9.17, 15) is 4.39 Å². The lowest BCUT2D eigenvalue weighted by atomic mass is 10.0. The van der Waals surface area contributed by atoms with Crippen molar-refractivity contribution in [3.8, 4) is 11.5 Å². The minimum Gasteiger partial charge on any atom is -0.334 e. The molecule has 0 spiro atoms. The Kier molecular flexibility index (Phi) is 3.02. The van der Waals surface area contributed by atoms with Gasteiger partial charge in [0, 0.05) is 6.20 Å². The minimum absolute atomic E-state index is 0.112. The van der Waals surface area contributed by atoms with Gasteiger partial charge in [-0.3, -0.25) is 4.98 Å². The van der Waals surface area contributed by atoms with Gasteiger partial charge in [0.1, 0.15) is 0 Å². The van der Waals surface area contributed by atoms with E-state index in [0.717, 1.165) is 25.6 Å². The van der Waals surface area contributed by atoms with Gasteiger partial charge in [-0.05, 0) is 25.5 Å². The van der Waals surface area contributed by atoms with Crippen molar-refractivity contribution in [2.45, 2.75) is 25.3 Å². The van der Waals surface area contributed by atoms with Crippen molar-refractivity contribution in [3.05, 3.63) is 30.1 Å². The second-order valence-corrected chi connectivity index (χ2v) is 4.32. The summed E-state index contributed by atoms with van der Waals surface area (Å²) in [4.78, 5) is 7.95. The Morgan fingerprint density at radius 1 is 1.39 bits per heavy atom. The molecule has 0 aliphatic carbocycles. The van der Waals surface area contributed by atoms with Crippen molar-refractivity contribution in [2.75, 3.05) is 6.54 Å². The van der Waals surface area contributed by atoms with E-state index in [2.05, 4.69) is 20.4 Å². The Morgan fingerprint density at radius 2 is 2.33 bits per heavy atom. The van der Waals surface area contributed by atoms with Gasteiger partial charge in [0.2, 0.25) is 0 Å². The van der Waals surface area contributed by atoms with E-state index in [1.165, 1.54) is 18.7 Å². The van der Waals surface area contributed by atoms with Gasteiger partial charge in [-0.2, -0.15) is 4.98 Å². The zero-order valence-corrected chi connectivity index (χ0v) is 9.77. The van der Waals surface area contributed by atoms with Crippen LogP contribution in [0.3, 0.4) is 0 Å². The van der Waals surface area contributed by atoms with Crippen LogP contribution in [0.4, 0.5) is 4.39 Å². The molecule has 2 aromatic rings. The van der Waals surface area contributed by atoms with Crippen LogP contribution in [0.2, 0.25) is 0 Å². The summed E-state index contributed by atoms with van der Waals surface area (Å²) in [6, 6.07) is 1.64. The molecule has 3 rings (SSSR count). The van der Waals surface area contributed by atoms with E-state index >= 15 is 0 Å². The number of aromatic nitrogens is 3. The van der Waals surface area contributed by atoms with Crippen LogP contribution in [0.15, 0.2) is 23.0 Å². The lowest BCUT2D eigenvalue weighted by Gasteiger charge is -2.19. The van der Waals surface area contributed by atoms with Crippen LogP contribution in [0.1, 0.15) is 31.1 Å². The molecule has 1 saturated heterocycles. The van der Waals surface area contributed by atoms with Crippen LogP contribution in [0.25, 0.3) is 11.5 Å². The summed E-state index contributed by atoms with van der Waals surface area (Å²) in [5, 5.41) is 7.25. The van der Waals surface area contributed by atoms with Gasteiger partial charge in [0.25, 0.3) is 5.89 Å². The molecular formula is C12H13FN4O. The van der Waals surface area contributed by atoms with E-state index in [1.807, 2.05) is 0 Å². The molecular weight excluding hydrogens is 235 g/mol. The topological polar surface area (TPSA) is 63.8 Å². The first-order valence-corrected chi connectivity index (χ1v) is 6.01. The SMILES string of the molecule is Fc1cnccc1-c1nc(C2CCCCN2)no1. The molecule has 1 aliphatic heterocycles. The first-order chi connectivity index (χ1) is 8.84. The Balaban J connectivity index is 1.87. The number of nitrogens with zero attached hydrogens (tertiary/aromatic N) is 3. The molecule has 0 amide bonds. The van der Waals surface area contributed by atoms with Crippen molar-refractivity contribution in [2.24, 2.45) is 0 Å². The van der Waals surface area contributed by atoms with E-state index in [4.69, 9.17) is 4.52 Å². The second-order valence-electron chi connectivity index (χ2n) is 4.32. The van der Waals surface area contributed by atoms with Crippen molar-refractivity contribution in [1.29, 1.82) is 0 Å². The fourth-order valence-electron chi connectivity index (χ4n) is 2.11. The first-order valence-electron chi connectivity index (χ1n) is 6.01. The van der Waals surface area contributed by atoms with Crippen LogP contribution >= 0.6 is 0 Å². The molecule has 1 N–H and O–H groups in total. The van der Waals surface area contributed by atoms with Crippen molar-refractivity contribution in [3.63, 3.8) is 0 Å². The standard InChI is InChI=1S/C12H13FN4O/c13-9-7-14-6-4-8(9)12-16-11(17-18-12)10-3-1-2-5-15-10/h4,6-7,10,15H,1-3,5H2. The molecule has 18 heavy (non-hydrogen) atoms. The molecule has 2 aromatic heterocycles. The average molecular weight is 248 g/mol. The quantitative estimate of drug-likeness (QED) is 0.881. The number of rotatable bonds is 2. The fourth-order valence-corrected chi connectivity index (χ4v) is 2.11. The van der Waals surface area contributed by atoms with E-state index in [0.29, 0.717) is 11.4 Å². The van der Waals surface area contributed by atoms with Gasteiger partial charge < -0.3 is 9.84 Å². The zero-order valence-electron chi connectivity index (χ0n) is 9.77. The van der Waals surface area contributed by atoms with Gasteiger partial charge in [-0.15, -0.1) is 0 Å². The molecule has 0 saturated carbocycles. The highest BCUT2D eigenvalue weighted by Gasteiger charge is 2.21. The number of pyridine rings is 1. The first kappa shape index (κ1) is 11.3. The van der Waals surface area contributed by atoms with Crippen LogP contribution < -0.4 is 5.32 Å². The van der Waals surface area contributed by atoms with Gasteiger partial charge in [-0.25, -0.2) is 4.39 Å². The Labute approximate surface area is 103 Å². The third-order valence-corrected chi connectivity index (χ3v) is 3.07. The predicted molar refractivity (Wildman–Crippen MR) is 62.1 cm³/mol. The van der Waals surface area contributed by atoms with Gasteiger partial charge in [0.05, 0.1) is 17.8 Å². The Morgan fingerprint density at radius 3 is 3.11 bits per heavy atom. The average Bonchev–Trinajstić information content (AvgIpc) is 2.90. The van der Waals surface area contributed by atoms with Crippen LogP contribution in [0, 0.1) is 5.82 Å². The van der Waals surface area contributed by atoms with E-state index in [-0.39, 0.29) is 11.9 Å². The maximum absolute atomic E-state index is 13.5. The number of hydrogen-bond acceptors (Lipinski definition) is 5. The molecule has 1 atom stereocenters. The molecule has 6 heteroatoms.